The summed E-state index contributed by atoms with van der Waals surface area (Å²) >= 11 is 6.04. The first kappa shape index (κ1) is 15.9. The summed E-state index contributed by atoms with van der Waals surface area (Å²) in [6, 6.07) is 5.10. The summed E-state index contributed by atoms with van der Waals surface area (Å²) in [6.07, 6.45) is -4.58. The lowest BCUT2D eigenvalue weighted by molar-refractivity contribution is -0.147. The Balaban J connectivity index is 1.62. The van der Waals surface area contributed by atoms with Gasteiger partial charge in [-0.1, -0.05) is 17.7 Å². The van der Waals surface area contributed by atoms with Crippen LogP contribution in [0.5, 0.6) is 0 Å². The monoisotopic (exact) mass is 370 g/mol. The number of fused-ring (bicyclic) bond motifs is 2. The molecule has 4 rings (SSSR count). The van der Waals surface area contributed by atoms with Crippen LogP contribution in [0.15, 0.2) is 18.2 Å². The predicted octanol–water partition coefficient (Wildman–Crippen LogP) is 2.48. The van der Waals surface area contributed by atoms with Crippen molar-refractivity contribution in [2.45, 2.75) is 19.3 Å². The SMILES string of the molecule is O=C(c1nc2c(Cl)cccc2[nH]1)N1CCn2c(nnc2C(F)(F)F)C1. The number of carbonyl (C=O) groups is 1. The van der Waals surface area contributed by atoms with Crippen LogP contribution in [-0.2, 0) is 19.3 Å². The van der Waals surface area contributed by atoms with Gasteiger partial charge in [-0.15, -0.1) is 10.2 Å². The lowest BCUT2D eigenvalue weighted by atomic mass is 10.3. The molecule has 1 aliphatic heterocycles. The minimum absolute atomic E-state index is 0.0378. The summed E-state index contributed by atoms with van der Waals surface area (Å²) < 4.78 is 39.5. The van der Waals surface area contributed by atoms with E-state index in [0.29, 0.717) is 16.1 Å². The van der Waals surface area contributed by atoms with Gasteiger partial charge in [0.05, 0.1) is 17.1 Å². The standard InChI is InChI=1S/C14H10ClF3N6O/c15-7-2-1-3-8-10(7)20-11(19-8)12(25)23-4-5-24-9(6-23)21-22-13(24)14(16,17)18/h1-3H,4-6H2,(H,19,20). The van der Waals surface area contributed by atoms with Crippen molar-refractivity contribution in [3.63, 3.8) is 0 Å². The number of H-pyrrole nitrogens is 1. The van der Waals surface area contributed by atoms with E-state index in [2.05, 4.69) is 20.2 Å². The average molecular weight is 371 g/mol. The van der Waals surface area contributed by atoms with Crippen molar-refractivity contribution in [2.75, 3.05) is 6.54 Å². The maximum absolute atomic E-state index is 12.9. The lowest BCUT2D eigenvalue weighted by Crippen LogP contribution is -2.39. The van der Waals surface area contributed by atoms with Crippen LogP contribution >= 0.6 is 11.6 Å². The molecule has 0 saturated carbocycles. The van der Waals surface area contributed by atoms with Gasteiger partial charge < -0.3 is 14.5 Å². The fourth-order valence-electron chi connectivity index (χ4n) is 2.79. The minimum atomic E-state index is -4.58. The Morgan fingerprint density at radius 3 is 2.76 bits per heavy atom. The van der Waals surface area contributed by atoms with Crippen LogP contribution in [0.2, 0.25) is 5.02 Å². The van der Waals surface area contributed by atoms with Crippen molar-refractivity contribution in [1.29, 1.82) is 0 Å². The van der Waals surface area contributed by atoms with E-state index in [4.69, 9.17) is 11.6 Å². The van der Waals surface area contributed by atoms with Gasteiger partial charge >= 0.3 is 6.18 Å². The van der Waals surface area contributed by atoms with Crippen LogP contribution in [0.1, 0.15) is 22.3 Å². The number of benzene rings is 1. The Labute approximate surface area is 143 Å². The second-order valence-corrected chi connectivity index (χ2v) is 5.94. The maximum atomic E-state index is 12.9. The van der Waals surface area contributed by atoms with E-state index < -0.39 is 17.9 Å². The van der Waals surface area contributed by atoms with E-state index >= 15 is 0 Å². The molecule has 25 heavy (non-hydrogen) atoms. The number of imidazole rings is 1. The molecule has 0 bridgehead atoms. The zero-order chi connectivity index (χ0) is 17.8. The Bertz CT molecular complexity index is 979. The molecule has 0 aliphatic carbocycles. The van der Waals surface area contributed by atoms with Gasteiger partial charge in [-0.25, -0.2) is 4.98 Å². The van der Waals surface area contributed by atoms with Crippen molar-refractivity contribution < 1.29 is 18.0 Å². The second kappa shape index (κ2) is 5.45. The van der Waals surface area contributed by atoms with E-state index in [1.165, 1.54) is 4.90 Å². The quantitative estimate of drug-likeness (QED) is 0.713. The van der Waals surface area contributed by atoms with Gasteiger partial charge in [-0.2, -0.15) is 13.2 Å². The first-order chi connectivity index (χ1) is 11.8. The first-order valence-corrected chi connectivity index (χ1v) is 7.65. The largest absolute Gasteiger partial charge is 0.451 e. The zero-order valence-corrected chi connectivity index (χ0v) is 13.3. The number of nitrogens with zero attached hydrogens (tertiary/aromatic N) is 5. The molecular weight excluding hydrogens is 361 g/mol. The molecule has 1 N–H and O–H groups in total. The Morgan fingerprint density at radius 1 is 1.24 bits per heavy atom. The van der Waals surface area contributed by atoms with Crippen molar-refractivity contribution in [3.05, 3.63) is 40.7 Å². The number of halogens is 4. The fraction of sp³-hybridized carbons (Fsp3) is 0.286. The highest BCUT2D eigenvalue weighted by Crippen LogP contribution is 2.29. The minimum Gasteiger partial charge on any atom is -0.334 e. The van der Waals surface area contributed by atoms with E-state index in [9.17, 15) is 18.0 Å². The molecule has 0 spiro atoms. The predicted molar refractivity (Wildman–Crippen MR) is 80.9 cm³/mol. The number of aromatic amines is 1. The number of para-hydroxylation sites is 1. The summed E-state index contributed by atoms with van der Waals surface area (Å²) in [5.41, 5.74) is 1.07. The molecule has 1 amide bonds. The summed E-state index contributed by atoms with van der Waals surface area (Å²) in [5, 5.41) is 7.15. The van der Waals surface area contributed by atoms with E-state index in [-0.39, 0.29) is 31.3 Å². The molecule has 3 aromatic rings. The first-order valence-electron chi connectivity index (χ1n) is 7.27. The van der Waals surface area contributed by atoms with Gasteiger partial charge in [0, 0.05) is 13.1 Å². The van der Waals surface area contributed by atoms with E-state index in [0.717, 1.165) is 4.57 Å². The lowest BCUT2D eigenvalue weighted by Gasteiger charge is -2.27. The van der Waals surface area contributed by atoms with Gasteiger partial charge in [-0.3, -0.25) is 4.79 Å². The number of amides is 1. The summed E-state index contributed by atoms with van der Waals surface area (Å²) in [6.45, 7) is -0.0195. The molecular formula is C14H10ClF3N6O. The normalized spacial score (nSPS) is 14.8. The van der Waals surface area contributed by atoms with Crippen LogP contribution in [0.25, 0.3) is 11.0 Å². The average Bonchev–Trinajstić information content (AvgIpc) is 3.17. The molecule has 0 unspecified atom stereocenters. The highest BCUT2D eigenvalue weighted by atomic mass is 35.5. The molecule has 130 valence electrons. The number of hydrogen-bond acceptors (Lipinski definition) is 4. The smallest absolute Gasteiger partial charge is 0.334 e. The van der Waals surface area contributed by atoms with Crippen LogP contribution in [0, 0.1) is 0 Å². The molecule has 0 fully saturated rings. The second-order valence-electron chi connectivity index (χ2n) is 5.54. The molecule has 1 aromatic carbocycles. The third-order valence-electron chi connectivity index (χ3n) is 3.96. The van der Waals surface area contributed by atoms with Crippen LogP contribution < -0.4 is 0 Å². The van der Waals surface area contributed by atoms with E-state index in [1.807, 2.05) is 0 Å². The molecule has 1 aliphatic rings. The number of carbonyl (C=O) groups excluding carboxylic acids is 1. The number of aromatic nitrogens is 5. The van der Waals surface area contributed by atoms with Crippen molar-refractivity contribution in [3.8, 4) is 0 Å². The van der Waals surface area contributed by atoms with Crippen LogP contribution in [0.3, 0.4) is 0 Å². The third kappa shape index (κ3) is 2.62. The Kier molecular flexibility index (Phi) is 3.46. The summed E-state index contributed by atoms with van der Waals surface area (Å²) in [5.74, 6) is -1.33. The molecule has 0 radical (unpaired) electrons. The van der Waals surface area contributed by atoms with Gasteiger partial charge in [0.2, 0.25) is 5.82 Å². The number of alkyl halides is 3. The van der Waals surface area contributed by atoms with Crippen molar-refractivity contribution >= 4 is 28.5 Å². The molecule has 3 heterocycles. The van der Waals surface area contributed by atoms with Gasteiger partial charge in [0.1, 0.15) is 5.52 Å². The molecule has 2 aromatic heterocycles. The Morgan fingerprint density at radius 2 is 2.04 bits per heavy atom. The molecule has 0 saturated heterocycles. The third-order valence-corrected chi connectivity index (χ3v) is 4.26. The van der Waals surface area contributed by atoms with Crippen LogP contribution in [0.4, 0.5) is 13.2 Å². The maximum Gasteiger partial charge on any atom is 0.451 e. The summed E-state index contributed by atoms with van der Waals surface area (Å²) in [4.78, 5) is 21.0. The van der Waals surface area contributed by atoms with Crippen molar-refractivity contribution in [1.82, 2.24) is 29.6 Å². The number of rotatable bonds is 1. The number of hydrogen-bond donors (Lipinski definition) is 1. The fourth-order valence-corrected chi connectivity index (χ4v) is 3.01. The molecule has 0 atom stereocenters. The highest BCUT2D eigenvalue weighted by molar-refractivity contribution is 6.35. The summed E-state index contributed by atoms with van der Waals surface area (Å²) in [7, 11) is 0. The molecule has 7 nitrogen and oxygen atoms in total. The van der Waals surface area contributed by atoms with Gasteiger partial charge in [0.15, 0.2) is 11.6 Å². The Hall–Kier alpha value is -2.62. The van der Waals surface area contributed by atoms with Gasteiger partial charge in [-0.05, 0) is 12.1 Å². The van der Waals surface area contributed by atoms with Crippen molar-refractivity contribution in [2.24, 2.45) is 0 Å². The number of nitrogens with one attached hydrogen (secondary N) is 1. The van der Waals surface area contributed by atoms with Gasteiger partial charge in [0.25, 0.3) is 5.91 Å². The zero-order valence-electron chi connectivity index (χ0n) is 12.5. The highest BCUT2D eigenvalue weighted by Gasteiger charge is 2.40. The van der Waals surface area contributed by atoms with Crippen LogP contribution in [-0.4, -0.2) is 42.1 Å². The molecule has 11 heteroatoms. The topological polar surface area (TPSA) is 79.7 Å². The van der Waals surface area contributed by atoms with E-state index in [1.54, 1.807) is 18.2 Å².